The Morgan fingerprint density at radius 2 is 2.29 bits per heavy atom. The monoisotopic (exact) mass is 228 g/mol. The molecule has 2 rings (SSSR count). The molecule has 17 heavy (non-hydrogen) atoms. The number of anilines is 1. The number of hydrogen-bond acceptors (Lipinski definition) is 5. The first kappa shape index (κ1) is 10.8. The average molecular weight is 228 g/mol. The predicted octanol–water partition coefficient (Wildman–Crippen LogP) is 1.58. The maximum atomic E-state index is 10.7. The molecule has 0 bridgehead atoms. The molecule has 6 nitrogen and oxygen atoms in total. The SMILES string of the molecule is C#CCNc1ncnc2ccc([N+](=O)[O-])cc12. The number of non-ortho nitro benzene ring substituents is 1. The summed E-state index contributed by atoms with van der Waals surface area (Å²) < 4.78 is 0. The van der Waals surface area contributed by atoms with Gasteiger partial charge >= 0.3 is 0 Å². The molecule has 0 spiro atoms. The molecule has 6 heteroatoms. The van der Waals surface area contributed by atoms with Crippen LogP contribution < -0.4 is 5.32 Å². The summed E-state index contributed by atoms with van der Waals surface area (Å²) in [4.78, 5) is 18.3. The second-order valence-corrected chi connectivity index (χ2v) is 3.24. The summed E-state index contributed by atoms with van der Waals surface area (Å²) in [7, 11) is 0. The maximum Gasteiger partial charge on any atom is 0.270 e. The van der Waals surface area contributed by atoms with E-state index in [1.165, 1.54) is 18.5 Å². The quantitative estimate of drug-likeness (QED) is 0.490. The van der Waals surface area contributed by atoms with E-state index in [0.29, 0.717) is 23.3 Å². The molecular formula is C11H8N4O2. The Kier molecular flexibility index (Phi) is 2.83. The fourth-order valence-electron chi connectivity index (χ4n) is 1.43. The summed E-state index contributed by atoms with van der Waals surface area (Å²) in [5.74, 6) is 2.91. The lowest BCUT2D eigenvalue weighted by Gasteiger charge is -2.04. The summed E-state index contributed by atoms with van der Waals surface area (Å²) >= 11 is 0. The number of terminal acetylenes is 1. The van der Waals surface area contributed by atoms with Crippen molar-refractivity contribution in [3.63, 3.8) is 0 Å². The van der Waals surface area contributed by atoms with Gasteiger partial charge < -0.3 is 5.32 Å². The van der Waals surface area contributed by atoms with Crippen LogP contribution in [-0.2, 0) is 0 Å². The van der Waals surface area contributed by atoms with E-state index in [1.807, 2.05) is 0 Å². The third kappa shape index (κ3) is 2.13. The van der Waals surface area contributed by atoms with Crippen molar-refractivity contribution < 1.29 is 4.92 Å². The summed E-state index contributed by atoms with van der Waals surface area (Å²) in [6.45, 7) is 0.300. The molecule has 0 amide bonds. The third-order valence-electron chi connectivity index (χ3n) is 2.19. The highest BCUT2D eigenvalue weighted by Gasteiger charge is 2.09. The Morgan fingerprint density at radius 1 is 1.47 bits per heavy atom. The highest BCUT2D eigenvalue weighted by Crippen LogP contribution is 2.23. The lowest BCUT2D eigenvalue weighted by atomic mass is 10.2. The maximum absolute atomic E-state index is 10.7. The van der Waals surface area contributed by atoms with E-state index >= 15 is 0 Å². The van der Waals surface area contributed by atoms with Crippen LogP contribution in [0.25, 0.3) is 10.9 Å². The first-order valence-corrected chi connectivity index (χ1v) is 4.79. The van der Waals surface area contributed by atoms with Crippen LogP contribution in [0.4, 0.5) is 11.5 Å². The molecular weight excluding hydrogens is 220 g/mol. The van der Waals surface area contributed by atoms with E-state index < -0.39 is 4.92 Å². The minimum Gasteiger partial charge on any atom is -0.359 e. The number of nitro benzene ring substituents is 1. The minimum atomic E-state index is -0.461. The van der Waals surface area contributed by atoms with E-state index in [4.69, 9.17) is 6.42 Å². The van der Waals surface area contributed by atoms with Gasteiger partial charge in [-0.05, 0) is 6.07 Å². The molecule has 0 aliphatic carbocycles. The van der Waals surface area contributed by atoms with Crippen LogP contribution in [0.1, 0.15) is 0 Å². The van der Waals surface area contributed by atoms with Crippen molar-refractivity contribution >= 4 is 22.4 Å². The van der Waals surface area contributed by atoms with Crippen molar-refractivity contribution in [3.8, 4) is 12.3 Å². The van der Waals surface area contributed by atoms with Crippen LogP contribution in [0.2, 0.25) is 0 Å². The average Bonchev–Trinajstić information content (AvgIpc) is 2.35. The van der Waals surface area contributed by atoms with Gasteiger partial charge in [-0.25, -0.2) is 9.97 Å². The second-order valence-electron chi connectivity index (χ2n) is 3.24. The summed E-state index contributed by atoms with van der Waals surface area (Å²) in [5, 5.41) is 14.2. The number of hydrogen-bond donors (Lipinski definition) is 1. The van der Waals surface area contributed by atoms with Crippen LogP contribution in [0.3, 0.4) is 0 Å². The van der Waals surface area contributed by atoms with Crippen molar-refractivity contribution in [1.82, 2.24) is 9.97 Å². The normalized spacial score (nSPS) is 9.82. The highest BCUT2D eigenvalue weighted by molar-refractivity contribution is 5.90. The van der Waals surface area contributed by atoms with E-state index in [0.717, 1.165) is 0 Å². The number of nitrogens with zero attached hydrogens (tertiary/aromatic N) is 3. The van der Waals surface area contributed by atoms with Gasteiger partial charge in [0.1, 0.15) is 12.1 Å². The molecule has 0 radical (unpaired) electrons. The van der Waals surface area contributed by atoms with Crippen molar-refractivity contribution in [2.24, 2.45) is 0 Å². The summed E-state index contributed by atoms with van der Waals surface area (Å²) in [6, 6.07) is 4.41. The van der Waals surface area contributed by atoms with Crippen molar-refractivity contribution in [3.05, 3.63) is 34.6 Å². The van der Waals surface area contributed by atoms with Crippen molar-refractivity contribution in [2.45, 2.75) is 0 Å². The number of nitrogens with one attached hydrogen (secondary N) is 1. The van der Waals surface area contributed by atoms with Crippen LogP contribution >= 0.6 is 0 Å². The lowest BCUT2D eigenvalue weighted by molar-refractivity contribution is -0.384. The number of fused-ring (bicyclic) bond motifs is 1. The smallest absolute Gasteiger partial charge is 0.270 e. The van der Waals surface area contributed by atoms with E-state index in [2.05, 4.69) is 21.2 Å². The molecule has 84 valence electrons. The number of nitro groups is 1. The van der Waals surface area contributed by atoms with E-state index in [1.54, 1.807) is 6.07 Å². The summed E-state index contributed by atoms with van der Waals surface area (Å²) in [5.41, 5.74) is 0.626. The molecule has 0 aliphatic heterocycles. The predicted molar refractivity (Wildman–Crippen MR) is 63.5 cm³/mol. The van der Waals surface area contributed by atoms with Gasteiger partial charge in [-0.15, -0.1) is 6.42 Å². The fourth-order valence-corrected chi connectivity index (χ4v) is 1.43. The van der Waals surface area contributed by atoms with Crippen LogP contribution in [-0.4, -0.2) is 21.4 Å². The fraction of sp³-hybridized carbons (Fsp3) is 0.0909. The molecule has 0 unspecified atom stereocenters. The second kappa shape index (κ2) is 4.45. The van der Waals surface area contributed by atoms with E-state index in [-0.39, 0.29) is 5.69 Å². The van der Waals surface area contributed by atoms with Gasteiger partial charge in [0.25, 0.3) is 5.69 Å². The van der Waals surface area contributed by atoms with Crippen LogP contribution in [0.5, 0.6) is 0 Å². The van der Waals surface area contributed by atoms with Crippen LogP contribution in [0.15, 0.2) is 24.5 Å². The molecule has 1 heterocycles. The van der Waals surface area contributed by atoms with Gasteiger partial charge in [-0.3, -0.25) is 10.1 Å². The molecule has 1 aromatic carbocycles. The first-order chi connectivity index (χ1) is 8.22. The molecule has 0 saturated heterocycles. The number of rotatable bonds is 3. The zero-order valence-electron chi connectivity index (χ0n) is 8.75. The van der Waals surface area contributed by atoms with Gasteiger partial charge in [0.15, 0.2) is 0 Å². The Morgan fingerprint density at radius 3 is 3.00 bits per heavy atom. The Labute approximate surface area is 96.8 Å². The third-order valence-corrected chi connectivity index (χ3v) is 2.19. The minimum absolute atomic E-state index is 0.00365. The molecule has 2 aromatic rings. The van der Waals surface area contributed by atoms with Gasteiger partial charge in [0, 0.05) is 17.5 Å². The van der Waals surface area contributed by atoms with Gasteiger partial charge in [0.05, 0.1) is 17.0 Å². The Bertz CT molecular complexity index is 618. The first-order valence-electron chi connectivity index (χ1n) is 4.79. The number of aromatic nitrogens is 2. The van der Waals surface area contributed by atoms with Gasteiger partial charge in [0.2, 0.25) is 0 Å². The highest BCUT2D eigenvalue weighted by atomic mass is 16.6. The molecule has 0 aliphatic rings. The zero-order chi connectivity index (χ0) is 12.3. The largest absolute Gasteiger partial charge is 0.359 e. The summed E-state index contributed by atoms with van der Waals surface area (Å²) in [6.07, 6.45) is 6.52. The molecule has 0 fully saturated rings. The van der Waals surface area contributed by atoms with E-state index in [9.17, 15) is 10.1 Å². The number of benzene rings is 1. The zero-order valence-corrected chi connectivity index (χ0v) is 8.75. The Balaban J connectivity index is 2.56. The van der Waals surface area contributed by atoms with Crippen LogP contribution in [0, 0.1) is 22.5 Å². The molecule has 0 atom stereocenters. The topological polar surface area (TPSA) is 81.0 Å². The Hall–Kier alpha value is -2.68. The van der Waals surface area contributed by atoms with Gasteiger partial charge in [-0.1, -0.05) is 5.92 Å². The van der Waals surface area contributed by atoms with Gasteiger partial charge in [-0.2, -0.15) is 0 Å². The van der Waals surface area contributed by atoms with Crippen molar-refractivity contribution in [1.29, 1.82) is 0 Å². The lowest BCUT2D eigenvalue weighted by Crippen LogP contribution is -2.02. The standard InChI is InChI=1S/C11H8N4O2/c1-2-5-12-11-9-6-8(15(16)17)3-4-10(9)13-7-14-11/h1,3-4,6-7H,5H2,(H,12,13,14). The van der Waals surface area contributed by atoms with Crippen molar-refractivity contribution in [2.75, 3.05) is 11.9 Å². The molecule has 1 aromatic heterocycles. The molecule has 1 N–H and O–H groups in total. The molecule has 0 saturated carbocycles.